The SMILES string of the molecule is CCCCCOc1cc(COc2ccc3c(c2)[C@@H](CC(=O)O)CC3)ccc1-c1cc(OC)ccc1F. The molecule has 6 heteroatoms. The lowest BCUT2D eigenvalue weighted by molar-refractivity contribution is -0.137. The molecule has 0 bridgehead atoms. The molecule has 0 saturated carbocycles. The zero-order valence-electron chi connectivity index (χ0n) is 20.9. The summed E-state index contributed by atoms with van der Waals surface area (Å²) >= 11 is 0. The van der Waals surface area contributed by atoms with Crippen LogP contribution in [0.25, 0.3) is 11.1 Å². The molecule has 3 aromatic carbocycles. The molecule has 0 aliphatic heterocycles. The van der Waals surface area contributed by atoms with Crippen LogP contribution in [-0.2, 0) is 17.8 Å². The average molecular weight is 493 g/mol. The predicted octanol–water partition coefficient (Wildman–Crippen LogP) is 7.15. The second kappa shape index (κ2) is 11.9. The van der Waals surface area contributed by atoms with Crippen LogP contribution in [0.15, 0.2) is 54.6 Å². The molecule has 4 rings (SSSR count). The highest BCUT2D eigenvalue weighted by Gasteiger charge is 2.25. The molecule has 3 aromatic rings. The van der Waals surface area contributed by atoms with E-state index in [0.717, 1.165) is 43.2 Å². The van der Waals surface area contributed by atoms with Crippen LogP contribution in [0.3, 0.4) is 0 Å². The molecule has 1 aliphatic carbocycles. The monoisotopic (exact) mass is 492 g/mol. The van der Waals surface area contributed by atoms with Gasteiger partial charge in [-0.15, -0.1) is 0 Å². The number of carboxylic acids is 1. The number of hydrogen-bond donors (Lipinski definition) is 1. The number of fused-ring (bicyclic) bond motifs is 1. The van der Waals surface area contributed by atoms with Gasteiger partial charge in [-0.3, -0.25) is 4.79 Å². The molecule has 0 saturated heterocycles. The number of halogens is 1. The van der Waals surface area contributed by atoms with Crippen LogP contribution < -0.4 is 14.2 Å². The molecule has 0 spiro atoms. The number of aryl methyl sites for hydroxylation is 1. The quantitative estimate of drug-likeness (QED) is 0.272. The Morgan fingerprint density at radius 2 is 1.83 bits per heavy atom. The van der Waals surface area contributed by atoms with Crippen LogP contribution in [0.2, 0.25) is 0 Å². The zero-order chi connectivity index (χ0) is 25.5. The van der Waals surface area contributed by atoms with Crippen LogP contribution >= 0.6 is 0 Å². The standard InChI is InChI=1S/C30H33FO5/c1-3-4-5-14-35-29-15-20(6-12-25(29)27-17-23(34-2)11-13-28(27)31)19-36-24-10-9-21-7-8-22(16-30(32)33)26(21)18-24/h6,9-13,15,17-18,22H,3-5,7-8,14,16,19H2,1-2H3,(H,32,33)/t22-/m1/s1. The third-order valence-corrected chi connectivity index (χ3v) is 6.66. The van der Waals surface area contributed by atoms with Gasteiger partial charge in [-0.05, 0) is 78.3 Å². The Balaban J connectivity index is 1.54. The van der Waals surface area contributed by atoms with Crippen molar-refractivity contribution in [2.24, 2.45) is 0 Å². The molecule has 0 radical (unpaired) electrons. The topological polar surface area (TPSA) is 65.0 Å². The van der Waals surface area contributed by atoms with Crippen molar-refractivity contribution in [1.82, 2.24) is 0 Å². The highest BCUT2D eigenvalue weighted by Crippen LogP contribution is 2.38. The Kier molecular flexibility index (Phi) is 8.47. The van der Waals surface area contributed by atoms with Crippen LogP contribution in [0.1, 0.15) is 61.6 Å². The zero-order valence-corrected chi connectivity index (χ0v) is 20.9. The Morgan fingerprint density at radius 3 is 2.61 bits per heavy atom. The fraction of sp³-hybridized carbons (Fsp3) is 0.367. The number of benzene rings is 3. The molecule has 1 atom stereocenters. The van der Waals surface area contributed by atoms with Crippen LogP contribution in [0, 0.1) is 5.82 Å². The van der Waals surface area contributed by atoms with Crippen molar-refractivity contribution < 1.29 is 28.5 Å². The third-order valence-electron chi connectivity index (χ3n) is 6.66. The van der Waals surface area contributed by atoms with E-state index in [2.05, 4.69) is 6.92 Å². The van der Waals surface area contributed by atoms with Crippen LogP contribution in [0.5, 0.6) is 17.2 Å². The van der Waals surface area contributed by atoms with Gasteiger partial charge in [0.2, 0.25) is 0 Å². The van der Waals surface area contributed by atoms with Crippen molar-refractivity contribution in [3.63, 3.8) is 0 Å². The number of methoxy groups -OCH3 is 1. The van der Waals surface area contributed by atoms with E-state index in [4.69, 9.17) is 14.2 Å². The summed E-state index contributed by atoms with van der Waals surface area (Å²) < 4.78 is 32.2. The molecular formula is C30H33FO5. The largest absolute Gasteiger partial charge is 0.497 e. The van der Waals surface area contributed by atoms with E-state index in [1.54, 1.807) is 19.2 Å². The molecule has 0 amide bonds. The Hall–Kier alpha value is -3.54. The fourth-order valence-corrected chi connectivity index (χ4v) is 4.72. The predicted molar refractivity (Wildman–Crippen MR) is 137 cm³/mol. The third kappa shape index (κ3) is 6.17. The normalized spacial score (nSPS) is 14.4. The maximum atomic E-state index is 14.7. The lowest BCUT2D eigenvalue weighted by Gasteiger charge is -2.16. The summed E-state index contributed by atoms with van der Waals surface area (Å²) in [7, 11) is 1.56. The first kappa shape index (κ1) is 25.5. The summed E-state index contributed by atoms with van der Waals surface area (Å²) in [5.41, 5.74) is 4.26. The molecule has 5 nitrogen and oxygen atoms in total. The molecule has 0 unspecified atom stereocenters. The second-order valence-electron chi connectivity index (χ2n) is 9.21. The number of hydrogen-bond acceptors (Lipinski definition) is 4. The van der Waals surface area contributed by atoms with Crippen molar-refractivity contribution in [2.45, 2.75) is 58.0 Å². The minimum absolute atomic E-state index is 0.0289. The van der Waals surface area contributed by atoms with Gasteiger partial charge >= 0.3 is 5.97 Å². The van der Waals surface area contributed by atoms with Crippen LogP contribution in [-0.4, -0.2) is 24.8 Å². The molecule has 36 heavy (non-hydrogen) atoms. The lowest BCUT2D eigenvalue weighted by Crippen LogP contribution is -2.04. The van der Waals surface area contributed by atoms with Gasteiger partial charge in [-0.2, -0.15) is 0 Å². The summed E-state index contributed by atoms with van der Waals surface area (Å²) in [4.78, 5) is 11.2. The van der Waals surface area contributed by atoms with Crippen molar-refractivity contribution in [1.29, 1.82) is 0 Å². The van der Waals surface area contributed by atoms with Gasteiger partial charge in [0.15, 0.2) is 0 Å². The number of carboxylic acid groups (broad SMARTS) is 1. The first-order chi connectivity index (χ1) is 17.5. The van der Waals surface area contributed by atoms with Crippen molar-refractivity contribution in [3.8, 4) is 28.4 Å². The van der Waals surface area contributed by atoms with E-state index in [1.807, 2.05) is 36.4 Å². The molecule has 190 valence electrons. The first-order valence-corrected chi connectivity index (χ1v) is 12.6. The van der Waals surface area contributed by atoms with Gasteiger partial charge in [-0.1, -0.05) is 38.0 Å². The van der Waals surface area contributed by atoms with E-state index in [1.165, 1.54) is 11.6 Å². The maximum Gasteiger partial charge on any atom is 0.303 e. The molecule has 0 fully saturated rings. The minimum atomic E-state index is -0.779. The second-order valence-corrected chi connectivity index (χ2v) is 9.21. The Morgan fingerprint density at radius 1 is 1.00 bits per heavy atom. The molecular weight excluding hydrogens is 459 g/mol. The van der Waals surface area contributed by atoms with Crippen LogP contribution in [0.4, 0.5) is 4.39 Å². The highest BCUT2D eigenvalue weighted by atomic mass is 19.1. The number of carbonyl (C=O) groups is 1. The molecule has 1 aliphatic rings. The van der Waals surface area contributed by atoms with Gasteiger partial charge < -0.3 is 19.3 Å². The smallest absolute Gasteiger partial charge is 0.303 e. The fourth-order valence-electron chi connectivity index (χ4n) is 4.72. The summed E-state index contributed by atoms with van der Waals surface area (Å²) in [5, 5.41) is 9.22. The van der Waals surface area contributed by atoms with Gasteiger partial charge in [-0.25, -0.2) is 4.39 Å². The number of unbranched alkanes of at least 4 members (excludes halogenated alkanes) is 2. The van der Waals surface area contributed by atoms with Crippen molar-refractivity contribution in [3.05, 3.63) is 77.1 Å². The maximum absolute atomic E-state index is 14.7. The van der Waals surface area contributed by atoms with Crippen molar-refractivity contribution in [2.75, 3.05) is 13.7 Å². The molecule has 1 N–H and O–H groups in total. The van der Waals surface area contributed by atoms with Gasteiger partial charge in [0, 0.05) is 11.1 Å². The summed E-state index contributed by atoms with van der Waals surface area (Å²) in [6, 6.07) is 16.3. The van der Waals surface area contributed by atoms with Gasteiger partial charge in [0.05, 0.1) is 20.1 Å². The summed E-state index contributed by atoms with van der Waals surface area (Å²) in [6.45, 7) is 3.00. The van der Waals surface area contributed by atoms with Crippen molar-refractivity contribution >= 4 is 5.97 Å². The van der Waals surface area contributed by atoms with E-state index in [0.29, 0.717) is 41.6 Å². The Bertz CT molecular complexity index is 1210. The number of aliphatic carboxylic acids is 1. The number of rotatable bonds is 12. The van der Waals surface area contributed by atoms with E-state index in [9.17, 15) is 14.3 Å². The molecule has 0 aromatic heterocycles. The average Bonchev–Trinajstić information content (AvgIpc) is 3.27. The highest BCUT2D eigenvalue weighted by molar-refractivity contribution is 5.73. The van der Waals surface area contributed by atoms with Gasteiger partial charge in [0.1, 0.15) is 29.7 Å². The molecule has 0 heterocycles. The Labute approximate surface area is 211 Å². The minimum Gasteiger partial charge on any atom is -0.497 e. The van der Waals surface area contributed by atoms with E-state index in [-0.39, 0.29) is 18.2 Å². The summed E-state index contributed by atoms with van der Waals surface area (Å²) in [5.74, 6) is 0.800. The summed E-state index contributed by atoms with van der Waals surface area (Å²) in [6.07, 6.45) is 4.96. The lowest BCUT2D eigenvalue weighted by atomic mass is 9.98. The van der Waals surface area contributed by atoms with E-state index < -0.39 is 5.97 Å². The first-order valence-electron chi connectivity index (χ1n) is 12.6. The van der Waals surface area contributed by atoms with Gasteiger partial charge in [0.25, 0.3) is 0 Å². The van der Waals surface area contributed by atoms with E-state index >= 15 is 0 Å². The number of ether oxygens (including phenoxy) is 3.